The molecule has 0 aliphatic heterocycles. The zero-order valence-corrected chi connectivity index (χ0v) is 12.0. The highest BCUT2D eigenvalue weighted by molar-refractivity contribution is 14.1. The fourth-order valence-corrected chi connectivity index (χ4v) is 2.13. The molecule has 94 valence electrons. The van der Waals surface area contributed by atoms with Crippen LogP contribution in [0.1, 0.15) is 17.2 Å². The van der Waals surface area contributed by atoms with Crippen LogP contribution in [0, 0.1) is 15.2 Å². The molecule has 0 amide bonds. The van der Waals surface area contributed by atoms with Crippen molar-refractivity contribution in [3.8, 4) is 0 Å². The highest BCUT2D eigenvalue weighted by Crippen LogP contribution is 2.26. The fourth-order valence-electron chi connectivity index (χ4n) is 1.60. The Morgan fingerprint density at radius 1 is 1.00 bits per heavy atom. The Hall–Kier alpha value is -0.720. The van der Waals surface area contributed by atoms with Crippen molar-refractivity contribution in [1.29, 1.82) is 0 Å². The van der Waals surface area contributed by atoms with Gasteiger partial charge in [-0.2, -0.15) is 0 Å². The molecule has 1 unspecified atom stereocenters. The normalized spacial score (nSPS) is 12.5. The van der Waals surface area contributed by atoms with E-state index in [1.165, 1.54) is 6.07 Å². The topological polar surface area (TPSA) is 26.0 Å². The van der Waals surface area contributed by atoms with Crippen molar-refractivity contribution >= 4 is 34.2 Å². The molecule has 0 aromatic heterocycles. The van der Waals surface area contributed by atoms with Crippen molar-refractivity contribution in [3.63, 3.8) is 0 Å². The van der Waals surface area contributed by atoms with Crippen molar-refractivity contribution in [2.45, 2.75) is 6.04 Å². The molecule has 0 saturated heterocycles. The van der Waals surface area contributed by atoms with E-state index < -0.39 is 17.7 Å². The average Bonchev–Trinajstić information content (AvgIpc) is 2.35. The Morgan fingerprint density at radius 3 is 2.22 bits per heavy atom. The number of rotatable bonds is 2. The van der Waals surface area contributed by atoms with Crippen molar-refractivity contribution in [1.82, 2.24) is 0 Å². The van der Waals surface area contributed by atoms with Gasteiger partial charge < -0.3 is 5.73 Å². The summed E-state index contributed by atoms with van der Waals surface area (Å²) < 4.78 is 26.9. The van der Waals surface area contributed by atoms with E-state index >= 15 is 0 Å². The van der Waals surface area contributed by atoms with Gasteiger partial charge in [0.25, 0.3) is 0 Å². The standard InChI is InChI=1S/C13H9ClF2IN/c14-9-5-7(2-4-12(9)17)13(18)8-1-3-10(15)11(16)6-8/h1-6,13H,18H2. The Balaban J connectivity index is 2.37. The van der Waals surface area contributed by atoms with Crippen LogP contribution in [0.2, 0.25) is 5.02 Å². The molecular formula is C13H9ClF2IN. The maximum Gasteiger partial charge on any atom is 0.159 e. The molecule has 2 aromatic carbocycles. The monoisotopic (exact) mass is 379 g/mol. The van der Waals surface area contributed by atoms with E-state index in [2.05, 4.69) is 22.6 Å². The first-order valence-electron chi connectivity index (χ1n) is 5.14. The van der Waals surface area contributed by atoms with Gasteiger partial charge in [0, 0.05) is 3.57 Å². The fraction of sp³-hybridized carbons (Fsp3) is 0.0769. The van der Waals surface area contributed by atoms with Crippen LogP contribution in [0.3, 0.4) is 0 Å². The van der Waals surface area contributed by atoms with Crippen LogP contribution in [0.5, 0.6) is 0 Å². The summed E-state index contributed by atoms with van der Waals surface area (Å²) in [4.78, 5) is 0. The molecule has 0 aliphatic rings. The Labute approximate surface area is 122 Å². The molecule has 0 bridgehead atoms. The molecule has 2 N–H and O–H groups in total. The first-order chi connectivity index (χ1) is 8.49. The second-order valence-electron chi connectivity index (χ2n) is 3.82. The summed E-state index contributed by atoms with van der Waals surface area (Å²) in [6, 6.07) is 8.49. The van der Waals surface area contributed by atoms with Crippen LogP contribution in [0.4, 0.5) is 8.78 Å². The minimum Gasteiger partial charge on any atom is -0.320 e. The molecule has 0 radical (unpaired) electrons. The predicted molar refractivity (Wildman–Crippen MR) is 76.6 cm³/mol. The molecule has 2 rings (SSSR count). The zero-order chi connectivity index (χ0) is 13.3. The van der Waals surface area contributed by atoms with Gasteiger partial charge in [-0.15, -0.1) is 0 Å². The number of benzene rings is 2. The lowest BCUT2D eigenvalue weighted by molar-refractivity contribution is 0.506. The van der Waals surface area contributed by atoms with Gasteiger partial charge in [0.1, 0.15) is 0 Å². The van der Waals surface area contributed by atoms with Crippen LogP contribution < -0.4 is 5.73 Å². The molecular weight excluding hydrogens is 371 g/mol. The second-order valence-corrected chi connectivity index (χ2v) is 5.39. The van der Waals surface area contributed by atoms with Crippen LogP contribution in [0.15, 0.2) is 36.4 Å². The summed E-state index contributed by atoms with van der Waals surface area (Å²) >= 11 is 8.11. The Kier molecular flexibility index (Phi) is 4.19. The lowest BCUT2D eigenvalue weighted by Gasteiger charge is -2.13. The largest absolute Gasteiger partial charge is 0.320 e. The van der Waals surface area contributed by atoms with Crippen molar-refractivity contribution in [2.24, 2.45) is 5.73 Å². The van der Waals surface area contributed by atoms with E-state index in [1.807, 2.05) is 12.1 Å². The quantitative estimate of drug-likeness (QED) is 0.775. The lowest BCUT2D eigenvalue weighted by atomic mass is 9.99. The summed E-state index contributed by atoms with van der Waals surface area (Å²) in [5, 5.41) is 0.589. The molecule has 0 fully saturated rings. The van der Waals surface area contributed by atoms with Gasteiger partial charge in [-0.3, -0.25) is 0 Å². The maximum atomic E-state index is 13.1. The molecule has 0 spiro atoms. The van der Waals surface area contributed by atoms with E-state index in [4.69, 9.17) is 17.3 Å². The number of hydrogen-bond donors (Lipinski definition) is 1. The van der Waals surface area contributed by atoms with Crippen molar-refractivity contribution in [2.75, 3.05) is 0 Å². The van der Waals surface area contributed by atoms with Crippen molar-refractivity contribution in [3.05, 3.63) is 67.8 Å². The number of hydrogen-bond acceptors (Lipinski definition) is 1. The van der Waals surface area contributed by atoms with E-state index in [1.54, 1.807) is 6.07 Å². The van der Waals surface area contributed by atoms with Gasteiger partial charge in [0.05, 0.1) is 11.1 Å². The van der Waals surface area contributed by atoms with Gasteiger partial charge in [-0.05, 0) is 58.0 Å². The van der Waals surface area contributed by atoms with Gasteiger partial charge in [-0.25, -0.2) is 8.78 Å². The minimum absolute atomic E-state index is 0.506. The summed E-state index contributed by atoms with van der Waals surface area (Å²) in [6.07, 6.45) is 0. The highest BCUT2D eigenvalue weighted by Gasteiger charge is 2.12. The lowest BCUT2D eigenvalue weighted by Crippen LogP contribution is -2.12. The van der Waals surface area contributed by atoms with Gasteiger partial charge in [-0.1, -0.05) is 23.7 Å². The maximum absolute atomic E-state index is 13.1. The number of nitrogens with two attached hydrogens (primary N) is 1. The van der Waals surface area contributed by atoms with Crippen LogP contribution in [-0.4, -0.2) is 0 Å². The third kappa shape index (κ3) is 2.81. The highest BCUT2D eigenvalue weighted by atomic mass is 127. The zero-order valence-electron chi connectivity index (χ0n) is 9.13. The van der Waals surface area contributed by atoms with Crippen LogP contribution >= 0.6 is 34.2 Å². The van der Waals surface area contributed by atoms with E-state index in [0.29, 0.717) is 10.6 Å². The van der Waals surface area contributed by atoms with Crippen LogP contribution in [0.25, 0.3) is 0 Å². The Morgan fingerprint density at radius 2 is 1.61 bits per heavy atom. The molecule has 0 saturated carbocycles. The van der Waals surface area contributed by atoms with Gasteiger partial charge in [0.15, 0.2) is 11.6 Å². The third-order valence-corrected chi connectivity index (χ3v) is 4.18. The van der Waals surface area contributed by atoms with E-state index in [-0.39, 0.29) is 0 Å². The van der Waals surface area contributed by atoms with Crippen molar-refractivity contribution < 1.29 is 8.78 Å². The van der Waals surface area contributed by atoms with E-state index in [9.17, 15) is 8.78 Å². The molecule has 18 heavy (non-hydrogen) atoms. The SMILES string of the molecule is NC(c1ccc(F)c(F)c1)c1ccc(I)c(Cl)c1. The van der Waals surface area contributed by atoms with Crippen LogP contribution in [-0.2, 0) is 0 Å². The summed E-state index contributed by atoms with van der Waals surface area (Å²) in [7, 11) is 0. The molecule has 0 aliphatic carbocycles. The van der Waals surface area contributed by atoms with Gasteiger partial charge in [0.2, 0.25) is 0 Å². The minimum atomic E-state index is -0.903. The summed E-state index contributed by atoms with van der Waals surface area (Å²) in [6.45, 7) is 0. The smallest absolute Gasteiger partial charge is 0.159 e. The molecule has 1 atom stereocenters. The molecule has 2 aromatic rings. The molecule has 5 heteroatoms. The second kappa shape index (κ2) is 5.50. The Bertz CT molecular complexity index is 538. The molecule has 1 nitrogen and oxygen atoms in total. The summed E-state index contributed by atoms with van der Waals surface area (Å²) in [5.74, 6) is -1.79. The first kappa shape index (κ1) is 13.7. The third-order valence-electron chi connectivity index (χ3n) is 2.61. The average molecular weight is 380 g/mol. The first-order valence-corrected chi connectivity index (χ1v) is 6.60. The predicted octanol–water partition coefficient (Wildman–Crippen LogP) is 4.27. The number of halogens is 4. The van der Waals surface area contributed by atoms with E-state index in [0.717, 1.165) is 21.3 Å². The summed E-state index contributed by atoms with van der Waals surface area (Å²) in [5.41, 5.74) is 7.27. The van der Waals surface area contributed by atoms with Gasteiger partial charge >= 0.3 is 0 Å². The molecule has 0 heterocycles.